The van der Waals surface area contributed by atoms with Crippen molar-refractivity contribution in [1.82, 2.24) is 19.6 Å². The lowest BCUT2D eigenvalue weighted by atomic mass is 10.1. The molecule has 2 N–H and O–H groups in total. The molecule has 0 aliphatic rings. The van der Waals surface area contributed by atoms with E-state index in [1.165, 1.54) is 0 Å². The summed E-state index contributed by atoms with van der Waals surface area (Å²) in [5.74, 6) is 0.741. The molecule has 2 heterocycles. The highest BCUT2D eigenvalue weighted by Crippen LogP contribution is 2.27. The summed E-state index contributed by atoms with van der Waals surface area (Å²) in [7, 11) is 3.80. The van der Waals surface area contributed by atoms with E-state index in [4.69, 9.17) is 5.73 Å². The second kappa shape index (κ2) is 4.24. The van der Waals surface area contributed by atoms with Gasteiger partial charge in [0.05, 0.1) is 0 Å². The summed E-state index contributed by atoms with van der Waals surface area (Å²) in [5.41, 5.74) is 10.1. The average Bonchev–Trinajstić information content (AvgIpc) is 2.75. The first-order valence-corrected chi connectivity index (χ1v) is 5.87. The largest absolute Gasteiger partial charge is 0.384 e. The predicted molar refractivity (Wildman–Crippen MR) is 68.6 cm³/mol. The highest BCUT2D eigenvalue weighted by atomic mass is 15.3. The fraction of sp³-hybridized carbons (Fsp3) is 0.500. The molecule has 0 saturated heterocycles. The van der Waals surface area contributed by atoms with Crippen molar-refractivity contribution < 1.29 is 0 Å². The molecule has 0 saturated carbocycles. The number of aryl methyl sites for hydroxylation is 3. The van der Waals surface area contributed by atoms with E-state index in [0.717, 1.165) is 41.3 Å². The maximum absolute atomic E-state index is 6.04. The Bertz CT molecular complexity index is 516. The van der Waals surface area contributed by atoms with E-state index in [2.05, 4.69) is 17.1 Å². The number of nitrogens with two attached hydrogens (primary N) is 1. The molecule has 0 aliphatic heterocycles. The lowest BCUT2D eigenvalue weighted by Gasteiger charge is -1.99. The third kappa shape index (κ3) is 1.92. The maximum atomic E-state index is 6.04. The van der Waals surface area contributed by atoms with Crippen molar-refractivity contribution in [3.8, 4) is 11.4 Å². The summed E-state index contributed by atoms with van der Waals surface area (Å²) in [4.78, 5) is 0. The topological polar surface area (TPSA) is 61.7 Å². The highest BCUT2D eigenvalue weighted by molar-refractivity contribution is 5.65. The Morgan fingerprint density at radius 1 is 1.24 bits per heavy atom. The number of hydrogen-bond acceptors (Lipinski definition) is 3. The molecule has 5 nitrogen and oxygen atoms in total. The first kappa shape index (κ1) is 11.7. The summed E-state index contributed by atoms with van der Waals surface area (Å²) in [6.07, 6.45) is 1.99. The van der Waals surface area contributed by atoms with Gasteiger partial charge in [-0.15, -0.1) is 0 Å². The van der Waals surface area contributed by atoms with E-state index < -0.39 is 0 Å². The van der Waals surface area contributed by atoms with E-state index in [0.29, 0.717) is 0 Å². The maximum Gasteiger partial charge on any atom is 0.125 e. The molecule has 92 valence electrons. The van der Waals surface area contributed by atoms with Crippen LogP contribution in [0.4, 0.5) is 5.82 Å². The zero-order valence-electron chi connectivity index (χ0n) is 10.9. The number of rotatable bonds is 3. The van der Waals surface area contributed by atoms with Gasteiger partial charge in [0, 0.05) is 25.4 Å². The van der Waals surface area contributed by atoms with Crippen molar-refractivity contribution in [2.24, 2.45) is 14.1 Å². The Morgan fingerprint density at radius 2 is 1.94 bits per heavy atom. The molecule has 0 amide bonds. The Balaban J connectivity index is 2.54. The van der Waals surface area contributed by atoms with Crippen LogP contribution in [-0.2, 0) is 20.5 Å². The first-order valence-electron chi connectivity index (χ1n) is 5.87. The van der Waals surface area contributed by atoms with Gasteiger partial charge in [0.25, 0.3) is 0 Å². The fourth-order valence-corrected chi connectivity index (χ4v) is 1.96. The molecule has 0 spiro atoms. The van der Waals surface area contributed by atoms with Crippen LogP contribution in [0.5, 0.6) is 0 Å². The van der Waals surface area contributed by atoms with Crippen LogP contribution in [0, 0.1) is 6.92 Å². The number of aromatic nitrogens is 4. The second-order valence-electron chi connectivity index (χ2n) is 4.38. The molecule has 0 bridgehead atoms. The minimum atomic E-state index is 0.741. The van der Waals surface area contributed by atoms with Crippen LogP contribution < -0.4 is 5.73 Å². The summed E-state index contributed by atoms with van der Waals surface area (Å²) < 4.78 is 3.58. The Hall–Kier alpha value is -1.78. The van der Waals surface area contributed by atoms with Gasteiger partial charge in [-0.2, -0.15) is 10.2 Å². The van der Waals surface area contributed by atoms with E-state index in [1.807, 2.05) is 31.8 Å². The molecule has 0 radical (unpaired) electrons. The van der Waals surface area contributed by atoms with Gasteiger partial charge in [-0.05, 0) is 19.4 Å². The molecular weight excluding hydrogens is 214 g/mol. The van der Waals surface area contributed by atoms with Gasteiger partial charge in [-0.25, -0.2) is 0 Å². The van der Waals surface area contributed by atoms with Gasteiger partial charge in [-0.1, -0.05) is 13.3 Å². The van der Waals surface area contributed by atoms with E-state index in [9.17, 15) is 0 Å². The van der Waals surface area contributed by atoms with Crippen molar-refractivity contribution in [3.05, 3.63) is 17.3 Å². The van der Waals surface area contributed by atoms with Crippen LogP contribution in [0.3, 0.4) is 0 Å². The lowest BCUT2D eigenvalue weighted by molar-refractivity contribution is 0.738. The molecule has 0 aliphatic carbocycles. The standard InChI is InChI=1S/C12H19N5/c1-5-6-9-11(15-17(4)12(9)13)10-7-8(2)16(3)14-10/h7H,5-6,13H2,1-4H3. The molecule has 2 aromatic heterocycles. The third-order valence-electron chi connectivity index (χ3n) is 3.05. The molecule has 17 heavy (non-hydrogen) atoms. The molecule has 0 unspecified atom stereocenters. The number of hydrogen-bond donors (Lipinski definition) is 1. The molecule has 2 aromatic rings. The van der Waals surface area contributed by atoms with Crippen LogP contribution in [-0.4, -0.2) is 19.6 Å². The van der Waals surface area contributed by atoms with Gasteiger partial charge >= 0.3 is 0 Å². The average molecular weight is 233 g/mol. The molecule has 0 aromatic carbocycles. The lowest BCUT2D eigenvalue weighted by Crippen LogP contribution is -1.99. The van der Waals surface area contributed by atoms with Gasteiger partial charge in [-0.3, -0.25) is 9.36 Å². The molecule has 2 rings (SSSR count). The monoisotopic (exact) mass is 233 g/mol. The molecule has 0 fully saturated rings. The van der Waals surface area contributed by atoms with Crippen molar-refractivity contribution in [1.29, 1.82) is 0 Å². The van der Waals surface area contributed by atoms with Crippen molar-refractivity contribution >= 4 is 5.82 Å². The quantitative estimate of drug-likeness (QED) is 0.877. The first-order chi connectivity index (χ1) is 8.04. The Morgan fingerprint density at radius 3 is 2.47 bits per heavy atom. The van der Waals surface area contributed by atoms with Crippen molar-refractivity contribution in [2.45, 2.75) is 26.7 Å². The molecular formula is C12H19N5. The minimum absolute atomic E-state index is 0.741. The molecule has 0 atom stereocenters. The summed E-state index contributed by atoms with van der Waals surface area (Å²) in [5, 5.41) is 8.93. The summed E-state index contributed by atoms with van der Waals surface area (Å²) in [6, 6.07) is 2.04. The van der Waals surface area contributed by atoms with Gasteiger partial charge in [0.1, 0.15) is 17.2 Å². The van der Waals surface area contributed by atoms with Crippen molar-refractivity contribution in [3.63, 3.8) is 0 Å². The van der Waals surface area contributed by atoms with Gasteiger partial charge in [0.2, 0.25) is 0 Å². The predicted octanol–water partition coefficient (Wildman–Crippen LogP) is 1.66. The van der Waals surface area contributed by atoms with Crippen LogP contribution in [0.2, 0.25) is 0 Å². The normalized spacial score (nSPS) is 11.1. The zero-order valence-corrected chi connectivity index (χ0v) is 10.9. The SMILES string of the molecule is CCCc1c(-c2cc(C)n(C)n2)nn(C)c1N. The van der Waals surface area contributed by atoms with Gasteiger partial charge in [0.15, 0.2) is 0 Å². The Labute approximate surface area is 101 Å². The number of anilines is 1. The minimum Gasteiger partial charge on any atom is -0.384 e. The molecule has 5 heteroatoms. The van der Waals surface area contributed by atoms with Crippen LogP contribution in [0.1, 0.15) is 24.6 Å². The van der Waals surface area contributed by atoms with E-state index in [-0.39, 0.29) is 0 Å². The third-order valence-corrected chi connectivity index (χ3v) is 3.05. The van der Waals surface area contributed by atoms with Crippen LogP contribution in [0.25, 0.3) is 11.4 Å². The fourth-order valence-electron chi connectivity index (χ4n) is 1.96. The Kier molecular flexibility index (Phi) is 2.92. The second-order valence-corrected chi connectivity index (χ2v) is 4.38. The van der Waals surface area contributed by atoms with E-state index >= 15 is 0 Å². The smallest absolute Gasteiger partial charge is 0.125 e. The van der Waals surface area contributed by atoms with Crippen LogP contribution >= 0.6 is 0 Å². The van der Waals surface area contributed by atoms with Crippen LogP contribution in [0.15, 0.2) is 6.07 Å². The number of nitrogens with zero attached hydrogens (tertiary/aromatic N) is 4. The highest BCUT2D eigenvalue weighted by Gasteiger charge is 2.17. The number of nitrogen functional groups attached to an aromatic ring is 1. The summed E-state index contributed by atoms with van der Waals surface area (Å²) in [6.45, 7) is 4.17. The van der Waals surface area contributed by atoms with Gasteiger partial charge < -0.3 is 5.73 Å². The zero-order chi connectivity index (χ0) is 12.6. The van der Waals surface area contributed by atoms with Crippen molar-refractivity contribution in [2.75, 3.05) is 5.73 Å². The summed E-state index contributed by atoms with van der Waals surface area (Å²) >= 11 is 0. The van der Waals surface area contributed by atoms with E-state index in [1.54, 1.807) is 4.68 Å².